The molecule has 0 saturated carbocycles. The Morgan fingerprint density at radius 3 is 1.65 bits per heavy atom. The van der Waals surface area contributed by atoms with E-state index in [1.165, 1.54) is 48.9 Å². The fourth-order valence-electron chi connectivity index (χ4n) is 5.37. The summed E-state index contributed by atoms with van der Waals surface area (Å²) in [4.78, 5) is 70.0. The van der Waals surface area contributed by atoms with E-state index in [0.29, 0.717) is 41.3 Å². The average molecular weight is 920 g/mol. The average Bonchev–Trinajstić information content (AvgIpc) is 3.83. The predicted molar refractivity (Wildman–Crippen MR) is 222 cm³/mol. The molecule has 5 heterocycles. The molecule has 1 fully saturated rings. The second kappa shape index (κ2) is 17.9. The van der Waals surface area contributed by atoms with Crippen molar-refractivity contribution in [3.63, 3.8) is 0 Å². The first kappa shape index (κ1) is 43.1. The number of aromatic nitrogens is 6. The van der Waals surface area contributed by atoms with Gasteiger partial charge in [-0.15, -0.1) is 0 Å². The number of aryl methyl sites for hydroxylation is 2. The second-order valence-electron chi connectivity index (χ2n) is 12.3. The summed E-state index contributed by atoms with van der Waals surface area (Å²) in [6.07, 6.45) is 3.92. The third-order valence-electron chi connectivity index (χ3n) is 8.60. The normalized spacial score (nSPS) is 13.7. The minimum Gasteiger partial charge on any atom is -0.412 e. The van der Waals surface area contributed by atoms with Gasteiger partial charge in [0.2, 0.25) is 11.8 Å². The highest BCUT2D eigenvalue weighted by atomic mass is 79.9. The lowest BCUT2D eigenvalue weighted by Gasteiger charge is -2.12. The Balaban J connectivity index is 0.000000201. The molecule has 0 aliphatic carbocycles. The van der Waals surface area contributed by atoms with E-state index in [-0.39, 0.29) is 38.9 Å². The number of fused-ring (bicyclic) bond motifs is 2. The molecular weight excluding hydrogens is 882 g/mol. The van der Waals surface area contributed by atoms with Crippen molar-refractivity contribution < 1.29 is 20.2 Å². The van der Waals surface area contributed by atoms with Crippen LogP contribution in [0.1, 0.15) is 54.3 Å². The maximum atomic E-state index is 12.5. The molecule has 7 rings (SSSR count). The van der Waals surface area contributed by atoms with E-state index in [1.807, 2.05) is 37.3 Å². The van der Waals surface area contributed by atoms with Crippen LogP contribution in [0.5, 0.6) is 0 Å². The summed E-state index contributed by atoms with van der Waals surface area (Å²) in [5, 5.41) is 11.6. The molecule has 0 bridgehead atoms. The zero-order valence-electron chi connectivity index (χ0n) is 30.4. The quantitative estimate of drug-likeness (QED) is 0.148. The molecule has 2 atom stereocenters. The third kappa shape index (κ3) is 8.92. The van der Waals surface area contributed by atoms with Gasteiger partial charge < -0.3 is 19.7 Å². The van der Waals surface area contributed by atoms with Crippen molar-refractivity contribution in [2.24, 2.45) is 14.1 Å². The number of carbonyl (C=O) groups is 2. The summed E-state index contributed by atoms with van der Waals surface area (Å²) in [6.45, 7) is 7.06. The Kier molecular flexibility index (Phi) is 14.0. The molecule has 1 saturated heterocycles. The molecule has 19 heteroatoms. The first-order valence-corrected chi connectivity index (χ1v) is 19.6. The molecule has 55 heavy (non-hydrogen) atoms. The Labute approximate surface area is 338 Å². The zero-order valence-corrected chi connectivity index (χ0v) is 35.2. The smallest absolute Gasteiger partial charge is 0.335 e. The van der Waals surface area contributed by atoms with E-state index >= 15 is 0 Å². The molecule has 0 radical (unpaired) electrons. The molecule has 1 aliphatic heterocycles. The van der Waals surface area contributed by atoms with Gasteiger partial charge >= 0.3 is 11.4 Å². The molecule has 2 unspecified atom stereocenters. The van der Waals surface area contributed by atoms with E-state index < -0.39 is 11.8 Å². The number of amides is 2. The van der Waals surface area contributed by atoms with Crippen molar-refractivity contribution in [1.29, 1.82) is 0 Å². The van der Waals surface area contributed by atoms with Crippen LogP contribution in [0.2, 0.25) is 0 Å². The number of imide groups is 1. The Morgan fingerprint density at radius 1 is 0.764 bits per heavy atom. The standard InChI is InChI=1S/C16H16BrN3O3S.C16H15N3O2S.C4H4BrNO2.H2O/c1-8-6-13(22)20(16(23)19(8)3)10-4-5-12-11(7-10)15(18-24-12)14(17)9(2)21;1-4-5-13-12-9-11(6-7-14(12)22-17-13)19-15(20)8-10(2)18(3)16(19)21;5-6-3(7)1-2-4(6)8;/h4-7,9,14,21H,1-3H3;4-9H,1-3H3;1-2H2;1H2/b;5-4+;;. The summed E-state index contributed by atoms with van der Waals surface area (Å²) in [6, 6.07) is 13.7. The monoisotopic (exact) mass is 917 g/mol. The van der Waals surface area contributed by atoms with Gasteiger partial charge in [-0.2, -0.15) is 8.75 Å². The molecule has 290 valence electrons. The van der Waals surface area contributed by atoms with Gasteiger partial charge in [0.1, 0.15) is 0 Å². The lowest BCUT2D eigenvalue weighted by Crippen LogP contribution is -2.38. The highest BCUT2D eigenvalue weighted by molar-refractivity contribution is 9.09. The van der Waals surface area contributed by atoms with Gasteiger partial charge in [0.05, 0.1) is 59.2 Å². The molecule has 4 aromatic heterocycles. The van der Waals surface area contributed by atoms with E-state index in [9.17, 15) is 33.9 Å². The Bertz CT molecular complexity index is 2680. The van der Waals surface area contributed by atoms with E-state index in [1.54, 1.807) is 53.1 Å². The van der Waals surface area contributed by atoms with Crippen molar-refractivity contribution in [3.8, 4) is 11.4 Å². The van der Waals surface area contributed by atoms with E-state index in [2.05, 4.69) is 40.8 Å². The number of nitrogens with zero attached hydrogens (tertiary/aromatic N) is 7. The van der Waals surface area contributed by atoms with Gasteiger partial charge in [0, 0.05) is 61.2 Å². The van der Waals surface area contributed by atoms with Gasteiger partial charge in [-0.25, -0.2) is 22.6 Å². The molecule has 2 aromatic carbocycles. The Hall–Kier alpha value is -4.66. The minimum absolute atomic E-state index is 0. The lowest BCUT2D eigenvalue weighted by atomic mass is 10.1. The van der Waals surface area contributed by atoms with Crippen LogP contribution in [-0.2, 0) is 23.7 Å². The maximum Gasteiger partial charge on any atom is 0.335 e. The van der Waals surface area contributed by atoms with Crippen molar-refractivity contribution in [1.82, 2.24) is 30.9 Å². The number of benzene rings is 2. The van der Waals surface area contributed by atoms with Crippen molar-refractivity contribution in [2.45, 2.75) is 51.5 Å². The number of aliphatic hydroxyl groups is 1. The number of carbonyl (C=O) groups excluding carboxylic acids is 2. The highest BCUT2D eigenvalue weighted by Crippen LogP contribution is 2.34. The van der Waals surface area contributed by atoms with Crippen molar-refractivity contribution in [2.75, 3.05) is 0 Å². The molecule has 2 amide bonds. The predicted octanol–water partition coefficient (Wildman–Crippen LogP) is 4.38. The van der Waals surface area contributed by atoms with Crippen LogP contribution in [0.15, 0.2) is 73.8 Å². The first-order valence-electron chi connectivity index (χ1n) is 16.4. The van der Waals surface area contributed by atoms with Crippen LogP contribution in [0.4, 0.5) is 0 Å². The maximum absolute atomic E-state index is 12.5. The summed E-state index contributed by atoms with van der Waals surface area (Å²) in [7, 11) is 3.29. The molecule has 1 aliphatic rings. The van der Waals surface area contributed by atoms with Gasteiger partial charge in [0.25, 0.3) is 11.1 Å². The number of aliphatic hydroxyl groups excluding tert-OH is 1. The van der Waals surface area contributed by atoms with Gasteiger partial charge in [-0.05, 0) is 93.2 Å². The Morgan fingerprint density at radius 2 is 1.22 bits per heavy atom. The van der Waals surface area contributed by atoms with E-state index in [0.717, 1.165) is 34.4 Å². The molecule has 6 aromatic rings. The number of allylic oxidation sites excluding steroid dienone is 1. The van der Waals surface area contributed by atoms with Crippen LogP contribution in [0.3, 0.4) is 0 Å². The highest BCUT2D eigenvalue weighted by Gasteiger charge is 2.26. The minimum atomic E-state index is -0.617. The third-order valence-corrected chi connectivity index (χ3v) is 12.3. The largest absolute Gasteiger partial charge is 0.412 e. The molecular formula is C36H37Br2N7O8S2. The van der Waals surface area contributed by atoms with Crippen molar-refractivity contribution >= 4 is 93.2 Å². The number of alkyl halides is 1. The number of rotatable bonds is 5. The fourth-order valence-corrected chi connectivity index (χ4v) is 7.75. The fraction of sp³-hybridized carbons (Fsp3) is 0.278. The summed E-state index contributed by atoms with van der Waals surface area (Å²) in [5.41, 5.74) is 2.40. The van der Waals surface area contributed by atoms with Crippen molar-refractivity contribution in [3.05, 3.63) is 119 Å². The molecule has 0 spiro atoms. The number of hydrogen-bond acceptors (Lipinski definition) is 11. The lowest BCUT2D eigenvalue weighted by molar-refractivity contribution is -0.131. The van der Waals surface area contributed by atoms with Gasteiger partial charge in [-0.1, -0.05) is 22.0 Å². The van der Waals surface area contributed by atoms with E-state index in [4.69, 9.17) is 0 Å². The molecule has 15 nitrogen and oxygen atoms in total. The first-order chi connectivity index (χ1) is 25.5. The summed E-state index contributed by atoms with van der Waals surface area (Å²) >= 11 is 8.96. The summed E-state index contributed by atoms with van der Waals surface area (Å²) < 4.78 is 16.9. The van der Waals surface area contributed by atoms with Crippen LogP contribution in [-0.4, -0.2) is 59.4 Å². The van der Waals surface area contributed by atoms with Gasteiger partial charge in [-0.3, -0.25) is 19.2 Å². The SMILES string of the molecule is C/C=C/c1nsc2ccc(-n3c(=O)cc(C)n(C)c3=O)cc12.Cc1cc(=O)n(-c2ccc3snc(C(Br)C(C)O)c3c2)c(=O)n1C.O.O=C1CCC(=O)N1Br. The van der Waals surface area contributed by atoms with Crippen LogP contribution in [0, 0.1) is 13.8 Å². The number of halogens is 2. The van der Waals surface area contributed by atoms with Crippen LogP contribution >= 0.6 is 55.1 Å². The van der Waals surface area contributed by atoms with Gasteiger partial charge in [0.15, 0.2) is 0 Å². The summed E-state index contributed by atoms with van der Waals surface area (Å²) in [5.74, 6) is -0.287. The topological polar surface area (TPSA) is 203 Å². The van der Waals surface area contributed by atoms with Crippen LogP contribution in [0.25, 0.3) is 37.6 Å². The second-order valence-corrected chi connectivity index (χ2v) is 15.6. The number of hydrogen-bond donors (Lipinski definition) is 1. The molecule has 3 N–H and O–H groups in total. The zero-order chi connectivity index (χ0) is 39.6. The van der Waals surface area contributed by atoms with Crippen LogP contribution < -0.4 is 22.5 Å².